The van der Waals surface area contributed by atoms with Crippen molar-refractivity contribution in [3.05, 3.63) is 50.7 Å². The Labute approximate surface area is 93.3 Å². The lowest BCUT2D eigenvalue weighted by molar-refractivity contribution is -0.410. The molecule has 1 aromatic carbocycles. The lowest BCUT2D eigenvalue weighted by atomic mass is 10.1. The Bertz CT molecular complexity index is 443. The van der Waals surface area contributed by atoms with E-state index in [-0.39, 0.29) is 5.56 Å². The van der Waals surface area contributed by atoms with E-state index in [1.165, 1.54) is 12.1 Å². The summed E-state index contributed by atoms with van der Waals surface area (Å²) in [4.78, 5) is 9.23. The molecule has 0 radical (unpaired) electrons. The Morgan fingerprint density at radius 3 is 2.44 bits per heavy atom. The number of hydrogen-bond donors (Lipinski definition) is 0. The summed E-state index contributed by atoms with van der Waals surface area (Å²) >= 11 is 5.17. The second-order valence-corrected chi connectivity index (χ2v) is 3.20. The summed E-state index contributed by atoms with van der Waals surface area (Å²) in [6.45, 7) is 0. The standard InChI is InChI=1S/C9H5ClF3NO2/c10-8(14(15)16)5-6-3-1-2-4-7(6)9(11,12)13/h1-5H/b8-5+. The number of nitro groups is 1. The summed E-state index contributed by atoms with van der Waals surface area (Å²) in [7, 11) is 0. The molecule has 1 aromatic rings. The molecule has 86 valence electrons. The van der Waals surface area contributed by atoms with E-state index in [0.717, 1.165) is 12.1 Å². The van der Waals surface area contributed by atoms with Gasteiger partial charge in [0.2, 0.25) is 0 Å². The normalized spacial score (nSPS) is 12.6. The van der Waals surface area contributed by atoms with Gasteiger partial charge in [-0.25, -0.2) is 0 Å². The first-order valence-electron chi connectivity index (χ1n) is 4.00. The Balaban J connectivity index is 3.25. The van der Waals surface area contributed by atoms with Crippen LogP contribution in [0, 0.1) is 10.1 Å². The predicted molar refractivity (Wildman–Crippen MR) is 52.3 cm³/mol. The molecule has 0 aliphatic heterocycles. The summed E-state index contributed by atoms with van der Waals surface area (Å²) in [6.07, 6.45) is -3.90. The molecule has 0 atom stereocenters. The van der Waals surface area contributed by atoms with Gasteiger partial charge in [0, 0.05) is 6.08 Å². The maximum Gasteiger partial charge on any atom is 0.416 e. The molecule has 0 aromatic heterocycles. The smallest absolute Gasteiger partial charge is 0.257 e. The van der Waals surface area contributed by atoms with Gasteiger partial charge in [0.15, 0.2) is 0 Å². The maximum atomic E-state index is 12.5. The highest BCUT2D eigenvalue weighted by Crippen LogP contribution is 2.33. The van der Waals surface area contributed by atoms with E-state index in [1.807, 2.05) is 0 Å². The molecule has 0 saturated carbocycles. The average Bonchev–Trinajstić information content (AvgIpc) is 2.16. The molecular weight excluding hydrogens is 247 g/mol. The summed E-state index contributed by atoms with van der Waals surface area (Å²) in [5.74, 6) is 0. The van der Waals surface area contributed by atoms with E-state index in [9.17, 15) is 23.3 Å². The van der Waals surface area contributed by atoms with Crippen LogP contribution in [0.5, 0.6) is 0 Å². The molecule has 0 saturated heterocycles. The molecule has 16 heavy (non-hydrogen) atoms. The second kappa shape index (κ2) is 4.52. The van der Waals surface area contributed by atoms with E-state index in [0.29, 0.717) is 6.08 Å². The zero-order chi connectivity index (χ0) is 12.3. The van der Waals surface area contributed by atoms with Gasteiger partial charge < -0.3 is 0 Å². The van der Waals surface area contributed by atoms with Crippen LogP contribution < -0.4 is 0 Å². The summed E-state index contributed by atoms with van der Waals surface area (Å²) in [5, 5.41) is 9.32. The Kier molecular flexibility index (Phi) is 3.54. The Morgan fingerprint density at radius 2 is 1.94 bits per heavy atom. The van der Waals surface area contributed by atoms with Crippen molar-refractivity contribution in [1.82, 2.24) is 0 Å². The van der Waals surface area contributed by atoms with E-state index < -0.39 is 21.8 Å². The third kappa shape index (κ3) is 2.96. The van der Waals surface area contributed by atoms with Crippen molar-refractivity contribution in [2.45, 2.75) is 6.18 Å². The van der Waals surface area contributed by atoms with Crippen LogP contribution >= 0.6 is 11.6 Å². The molecular formula is C9H5ClF3NO2. The van der Waals surface area contributed by atoms with Crippen molar-refractivity contribution < 1.29 is 18.1 Å². The fourth-order valence-electron chi connectivity index (χ4n) is 1.06. The van der Waals surface area contributed by atoms with Crippen molar-refractivity contribution in [2.75, 3.05) is 0 Å². The van der Waals surface area contributed by atoms with Gasteiger partial charge in [-0.3, -0.25) is 10.1 Å². The largest absolute Gasteiger partial charge is 0.416 e. The fraction of sp³-hybridized carbons (Fsp3) is 0.111. The first kappa shape index (κ1) is 12.5. The van der Waals surface area contributed by atoms with Crippen molar-refractivity contribution in [2.24, 2.45) is 0 Å². The SMILES string of the molecule is O=[N+]([O-])/C(Cl)=C/c1ccccc1C(F)(F)F. The molecule has 0 aliphatic carbocycles. The van der Waals surface area contributed by atoms with Crippen molar-refractivity contribution in [3.8, 4) is 0 Å². The van der Waals surface area contributed by atoms with Gasteiger partial charge in [-0.15, -0.1) is 0 Å². The van der Waals surface area contributed by atoms with Crippen LogP contribution in [0.3, 0.4) is 0 Å². The van der Waals surface area contributed by atoms with Crippen molar-refractivity contribution in [3.63, 3.8) is 0 Å². The summed E-state index contributed by atoms with van der Waals surface area (Å²) in [6, 6.07) is 4.47. The zero-order valence-electron chi connectivity index (χ0n) is 7.66. The molecule has 0 unspecified atom stereocenters. The topological polar surface area (TPSA) is 43.1 Å². The van der Waals surface area contributed by atoms with E-state index >= 15 is 0 Å². The lowest BCUT2D eigenvalue weighted by Gasteiger charge is -2.08. The summed E-state index contributed by atoms with van der Waals surface area (Å²) < 4.78 is 37.4. The molecule has 1 rings (SSSR count). The number of halogens is 4. The highest BCUT2D eigenvalue weighted by atomic mass is 35.5. The number of rotatable bonds is 2. The fourth-order valence-corrected chi connectivity index (χ4v) is 1.18. The van der Waals surface area contributed by atoms with Crippen LogP contribution in [-0.2, 0) is 6.18 Å². The average molecular weight is 252 g/mol. The number of benzene rings is 1. The third-order valence-electron chi connectivity index (χ3n) is 1.72. The van der Waals surface area contributed by atoms with E-state index in [1.54, 1.807) is 0 Å². The Hall–Kier alpha value is -1.56. The minimum atomic E-state index is -4.57. The van der Waals surface area contributed by atoms with Crippen LogP contribution in [-0.4, -0.2) is 4.92 Å². The second-order valence-electron chi connectivity index (χ2n) is 2.81. The molecule has 7 heteroatoms. The lowest BCUT2D eigenvalue weighted by Crippen LogP contribution is -2.07. The number of hydrogen-bond acceptors (Lipinski definition) is 2. The molecule has 0 bridgehead atoms. The Morgan fingerprint density at radius 1 is 1.38 bits per heavy atom. The van der Waals surface area contributed by atoms with Crippen LogP contribution in [0.1, 0.15) is 11.1 Å². The van der Waals surface area contributed by atoms with E-state index in [2.05, 4.69) is 0 Å². The minimum Gasteiger partial charge on any atom is -0.257 e. The first-order chi connectivity index (χ1) is 7.32. The minimum absolute atomic E-state index is 0.336. The number of alkyl halides is 3. The molecule has 0 aliphatic rings. The van der Waals surface area contributed by atoms with Gasteiger partial charge in [0.25, 0.3) is 0 Å². The predicted octanol–water partition coefficient (Wildman–Crippen LogP) is 3.52. The molecule has 0 fully saturated rings. The van der Waals surface area contributed by atoms with Crippen LogP contribution in [0.4, 0.5) is 13.2 Å². The van der Waals surface area contributed by atoms with Gasteiger partial charge in [-0.05, 0) is 23.2 Å². The summed E-state index contributed by atoms with van der Waals surface area (Å²) in [5.41, 5.74) is -1.30. The highest BCUT2D eigenvalue weighted by molar-refractivity contribution is 6.29. The third-order valence-corrected chi connectivity index (χ3v) is 1.96. The maximum absolute atomic E-state index is 12.5. The monoisotopic (exact) mass is 251 g/mol. The molecule has 0 N–H and O–H groups in total. The van der Waals surface area contributed by atoms with Crippen LogP contribution in [0.25, 0.3) is 6.08 Å². The molecule has 0 heterocycles. The van der Waals surface area contributed by atoms with Gasteiger partial charge in [0.05, 0.1) is 10.5 Å². The van der Waals surface area contributed by atoms with Crippen LogP contribution in [0.2, 0.25) is 0 Å². The van der Waals surface area contributed by atoms with Crippen molar-refractivity contribution in [1.29, 1.82) is 0 Å². The zero-order valence-corrected chi connectivity index (χ0v) is 8.42. The molecule has 3 nitrogen and oxygen atoms in total. The molecule has 0 amide bonds. The highest BCUT2D eigenvalue weighted by Gasteiger charge is 2.32. The van der Waals surface area contributed by atoms with Gasteiger partial charge in [0.1, 0.15) is 0 Å². The quantitative estimate of drug-likeness (QED) is 0.458. The van der Waals surface area contributed by atoms with E-state index in [4.69, 9.17) is 11.6 Å². The first-order valence-corrected chi connectivity index (χ1v) is 4.38. The van der Waals surface area contributed by atoms with Crippen LogP contribution in [0.15, 0.2) is 29.4 Å². The van der Waals surface area contributed by atoms with Gasteiger partial charge in [-0.2, -0.15) is 13.2 Å². The molecule has 0 spiro atoms. The number of nitrogens with zero attached hydrogens (tertiary/aromatic N) is 1. The van der Waals surface area contributed by atoms with Gasteiger partial charge in [-0.1, -0.05) is 18.2 Å². The van der Waals surface area contributed by atoms with Crippen molar-refractivity contribution >= 4 is 17.7 Å². The van der Waals surface area contributed by atoms with Gasteiger partial charge >= 0.3 is 11.3 Å².